The molecule has 0 saturated heterocycles. The van der Waals surface area contributed by atoms with Crippen molar-refractivity contribution in [3.8, 4) is 0 Å². The second kappa shape index (κ2) is 8.85. The van der Waals surface area contributed by atoms with Crippen molar-refractivity contribution in [3.63, 3.8) is 0 Å². The van der Waals surface area contributed by atoms with Crippen LogP contribution in [0.3, 0.4) is 0 Å². The van der Waals surface area contributed by atoms with E-state index in [2.05, 4.69) is 0 Å². The number of ketones is 2. The number of aliphatic hydroxyl groups excluding tert-OH is 2. The summed E-state index contributed by atoms with van der Waals surface area (Å²) in [5.41, 5.74) is 0.510. The molecule has 2 N–H and O–H groups in total. The van der Waals surface area contributed by atoms with Crippen molar-refractivity contribution in [2.75, 3.05) is 19.8 Å². The fourth-order valence-corrected chi connectivity index (χ4v) is 2.76. The molecule has 0 fully saturated rings. The quantitative estimate of drug-likeness (QED) is 0.255. The Kier molecular flexibility index (Phi) is 6.26. The predicted molar refractivity (Wildman–Crippen MR) is 101 cm³/mol. The standard InChI is InChI=1S/C21H20O8/c1-2-12(22)11-27-7-8-28-18(24)10-16(23)17-9-15-19(25)13-5-3-4-6-14(13)20(26)21(15)29-17/h3-6,9-10,12,22-23H,2,7-8,11H2,1H3/b16-10-. The molecule has 1 aromatic carbocycles. The summed E-state index contributed by atoms with van der Waals surface area (Å²) in [7, 11) is 0. The lowest BCUT2D eigenvalue weighted by atomic mass is 9.88. The van der Waals surface area contributed by atoms with Crippen LogP contribution in [0, 0.1) is 0 Å². The summed E-state index contributed by atoms with van der Waals surface area (Å²) >= 11 is 0. The smallest absolute Gasteiger partial charge is 0.334 e. The lowest BCUT2D eigenvalue weighted by molar-refractivity contribution is -0.139. The zero-order chi connectivity index (χ0) is 21.0. The molecule has 0 spiro atoms. The van der Waals surface area contributed by atoms with Crippen LogP contribution < -0.4 is 0 Å². The van der Waals surface area contributed by atoms with Gasteiger partial charge in [0.05, 0.1) is 31.0 Å². The van der Waals surface area contributed by atoms with Crippen molar-refractivity contribution in [2.45, 2.75) is 19.4 Å². The maximum absolute atomic E-state index is 12.5. The number of rotatable bonds is 8. The lowest BCUT2D eigenvalue weighted by Crippen LogP contribution is -2.18. The summed E-state index contributed by atoms with van der Waals surface area (Å²) in [5.74, 6) is -2.66. The van der Waals surface area contributed by atoms with E-state index in [4.69, 9.17) is 13.9 Å². The first kappa shape index (κ1) is 20.5. The van der Waals surface area contributed by atoms with Gasteiger partial charge in [-0.2, -0.15) is 0 Å². The number of carbonyl (C=O) groups excluding carboxylic acids is 3. The SMILES string of the molecule is CCC(O)COCCOC(=O)/C=C(\O)c1cc2c(o1)C(=O)c1ccccc1C2=O. The lowest BCUT2D eigenvalue weighted by Gasteiger charge is -2.11. The maximum Gasteiger partial charge on any atom is 0.334 e. The number of hydrogen-bond acceptors (Lipinski definition) is 8. The first-order valence-corrected chi connectivity index (χ1v) is 9.08. The first-order valence-electron chi connectivity index (χ1n) is 9.08. The summed E-state index contributed by atoms with van der Waals surface area (Å²) < 4.78 is 15.4. The second-order valence-electron chi connectivity index (χ2n) is 6.39. The molecule has 1 aliphatic carbocycles. The van der Waals surface area contributed by atoms with Crippen LogP contribution in [0.15, 0.2) is 40.8 Å². The molecule has 2 aromatic rings. The van der Waals surface area contributed by atoms with Crippen molar-refractivity contribution in [3.05, 3.63) is 64.6 Å². The monoisotopic (exact) mass is 400 g/mol. The minimum absolute atomic E-state index is 0.0277. The molecule has 0 amide bonds. The fourth-order valence-electron chi connectivity index (χ4n) is 2.76. The van der Waals surface area contributed by atoms with Gasteiger partial charge in [0, 0.05) is 11.1 Å². The molecule has 29 heavy (non-hydrogen) atoms. The van der Waals surface area contributed by atoms with Crippen molar-refractivity contribution >= 4 is 23.3 Å². The van der Waals surface area contributed by atoms with Gasteiger partial charge in [0.15, 0.2) is 23.1 Å². The van der Waals surface area contributed by atoms with E-state index in [9.17, 15) is 24.6 Å². The van der Waals surface area contributed by atoms with Gasteiger partial charge in [-0.05, 0) is 12.5 Å². The third-order valence-corrected chi connectivity index (χ3v) is 4.36. The van der Waals surface area contributed by atoms with Crippen LogP contribution in [0.1, 0.15) is 51.1 Å². The Morgan fingerprint density at radius 3 is 2.52 bits per heavy atom. The van der Waals surface area contributed by atoms with E-state index in [1.165, 1.54) is 12.1 Å². The predicted octanol–water partition coefficient (Wildman–Crippen LogP) is 2.28. The van der Waals surface area contributed by atoms with Gasteiger partial charge in [-0.25, -0.2) is 4.79 Å². The molecule has 0 radical (unpaired) electrons. The fraction of sp³-hybridized carbons (Fsp3) is 0.286. The molecule has 1 aliphatic rings. The molecule has 3 rings (SSSR count). The number of furan rings is 1. The average Bonchev–Trinajstić information content (AvgIpc) is 3.17. The van der Waals surface area contributed by atoms with Gasteiger partial charge in [-0.15, -0.1) is 0 Å². The van der Waals surface area contributed by atoms with Gasteiger partial charge in [0.1, 0.15) is 6.61 Å². The highest BCUT2D eigenvalue weighted by molar-refractivity contribution is 6.27. The van der Waals surface area contributed by atoms with Crippen molar-refractivity contribution in [1.82, 2.24) is 0 Å². The summed E-state index contributed by atoms with van der Waals surface area (Å²) in [6, 6.07) is 7.57. The van der Waals surface area contributed by atoms with Crippen LogP contribution in [-0.4, -0.2) is 53.7 Å². The van der Waals surface area contributed by atoms with E-state index in [0.29, 0.717) is 6.42 Å². The number of benzene rings is 1. The van der Waals surface area contributed by atoms with Gasteiger partial charge in [0.25, 0.3) is 0 Å². The molecular formula is C21H20O8. The van der Waals surface area contributed by atoms with E-state index in [1.54, 1.807) is 18.2 Å². The molecule has 0 bridgehead atoms. The molecule has 0 aliphatic heterocycles. The van der Waals surface area contributed by atoms with Crippen LogP contribution in [0.4, 0.5) is 0 Å². The Morgan fingerprint density at radius 1 is 1.14 bits per heavy atom. The van der Waals surface area contributed by atoms with Crippen LogP contribution in [0.2, 0.25) is 0 Å². The Bertz CT molecular complexity index is 916. The molecule has 1 aromatic heterocycles. The summed E-state index contributed by atoms with van der Waals surface area (Å²) in [5, 5.41) is 19.5. The summed E-state index contributed by atoms with van der Waals surface area (Å²) in [6.45, 7) is 1.97. The highest BCUT2D eigenvalue weighted by Gasteiger charge is 2.34. The molecule has 0 saturated carbocycles. The zero-order valence-corrected chi connectivity index (χ0v) is 15.7. The summed E-state index contributed by atoms with van der Waals surface area (Å²) in [6.07, 6.45) is 0.767. The van der Waals surface area contributed by atoms with Crippen molar-refractivity contribution in [2.24, 2.45) is 0 Å². The molecule has 1 unspecified atom stereocenters. The molecule has 152 valence electrons. The van der Waals surface area contributed by atoms with Gasteiger partial charge in [-0.1, -0.05) is 31.2 Å². The van der Waals surface area contributed by atoms with E-state index < -0.39 is 29.4 Å². The van der Waals surface area contributed by atoms with Gasteiger partial charge < -0.3 is 24.1 Å². The first-order chi connectivity index (χ1) is 13.9. The van der Waals surface area contributed by atoms with Gasteiger partial charge in [0.2, 0.25) is 5.78 Å². The summed E-state index contributed by atoms with van der Waals surface area (Å²) in [4.78, 5) is 36.9. The normalized spacial score (nSPS) is 14.3. The highest BCUT2D eigenvalue weighted by atomic mass is 16.6. The Morgan fingerprint density at radius 2 is 1.83 bits per heavy atom. The van der Waals surface area contributed by atoms with Crippen LogP contribution in [-0.2, 0) is 14.3 Å². The Balaban J connectivity index is 1.65. The van der Waals surface area contributed by atoms with E-state index >= 15 is 0 Å². The maximum atomic E-state index is 12.5. The number of fused-ring (bicyclic) bond motifs is 2. The molecule has 1 atom stereocenters. The number of hydrogen-bond donors (Lipinski definition) is 2. The topological polar surface area (TPSA) is 123 Å². The van der Waals surface area contributed by atoms with Crippen molar-refractivity contribution < 1.29 is 38.5 Å². The minimum atomic E-state index is -0.850. The van der Waals surface area contributed by atoms with Crippen molar-refractivity contribution in [1.29, 1.82) is 0 Å². The number of ether oxygens (including phenoxy) is 2. The number of aliphatic hydroxyl groups is 2. The van der Waals surface area contributed by atoms with Gasteiger partial charge >= 0.3 is 5.97 Å². The third-order valence-electron chi connectivity index (χ3n) is 4.36. The van der Waals surface area contributed by atoms with E-state index in [1.807, 2.05) is 6.92 Å². The Labute approximate surface area is 166 Å². The molecule has 1 heterocycles. The molecule has 8 heteroatoms. The van der Waals surface area contributed by atoms with Gasteiger partial charge in [-0.3, -0.25) is 9.59 Å². The molecular weight excluding hydrogens is 380 g/mol. The molecule has 8 nitrogen and oxygen atoms in total. The van der Waals surface area contributed by atoms with Crippen LogP contribution in [0.5, 0.6) is 0 Å². The highest BCUT2D eigenvalue weighted by Crippen LogP contribution is 2.31. The van der Waals surface area contributed by atoms with E-state index in [0.717, 1.165) is 6.08 Å². The van der Waals surface area contributed by atoms with E-state index in [-0.39, 0.29) is 48.0 Å². The Hall–Kier alpha value is -3.23. The minimum Gasteiger partial charge on any atom is -0.504 e. The van der Waals surface area contributed by atoms with Crippen LogP contribution >= 0.6 is 0 Å². The zero-order valence-electron chi connectivity index (χ0n) is 15.7. The second-order valence-corrected chi connectivity index (χ2v) is 6.39. The van der Waals surface area contributed by atoms with Crippen LogP contribution in [0.25, 0.3) is 5.76 Å². The number of carbonyl (C=O) groups is 3. The number of esters is 1. The third kappa shape index (κ3) is 4.44. The average molecular weight is 400 g/mol. The largest absolute Gasteiger partial charge is 0.504 e.